The molecule has 1 N–H and O–H groups in total. The van der Waals surface area contributed by atoms with Gasteiger partial charge in [-0.3, -0.25) is 4.68 Å². The van der Waals surface area contributed by atoms with Crippen molar-refractivity contribution < 1.29 is 0 Å². The Morgan fingerprint density at radius 1 is 1.41 bits per heavy atom. The number of aromatic nitrogens is 2. The van der Waals surface area contributed by atoms with Gasteiger partial charge in [-0.1, -0.05) is 12.1 Å². The normalized spacial score (nSPS) is 20.0. The second-order valence-corrected chi connectivity index (χ2v) is 4.72. The Hall–Kier alpha value is -1.55. The van der Waals surface area contributed by atoms with Crippen molar-refractivity contribution >= 4 is 16.7 Å². The maximum atomic E-state index is 4.65. The van der Waals surface area contributed by atoms with Crippen LogP contribution >= 0.6 is 0 Å². The molecule has 90 valence electrons. The fourth-order valence-electron chi connectivity index (χ4n) is 2.60. The first kappa shape index (κ1) is 10.6. The molecular formula is C13H18N4. The molecule has 4 heteroatoms. The molecule has 2 heterocycles. The van der Waals surface area contributed by atoms with E-state index in [9.17, 15) is 0 Å². The van der Waals surface area contributed by atoms with Gasteiger partial charge in [0.2, 0.25) is 0 Å². The molecule has 1 aromatic carbocycles. The number of hydrogen-bond acceptors (Lipinski definition) is 3. The summed E-state index contributed by atoms with van der Waals surface area (Å²) in [5, 5.41) is 9.29. The van der Waals surface area contributed by atoms with E-state index in [2.05, 4.69) is 46.6 Å². The summed E-state index contributed by atoms with van der Waals surface area (Å²) in [5.41, 5.74) is 1.19. The van der Waals surface area contributed by atoms with E-state index in [1.54, 1.807) is 0 Å². The van der Waals surface area contributed by atoms with E-state index in [4.69, 9.17) is 0 Å². The second-order valence-electron chi connectivity index (χ2n) is 4.72. The lowest BCUT2D eigenvalue weighted by molar-refractivity contribution is 0.667. The predicted octanol–water partition coefficient (Wildman–Crippen LogP) is 1.37. The highest BCUT2D eigenvalue weighted by atomic mass is 15.3. The summed E-state index contributed by atoms with van der Waals surface area (Å²) in [6, 6.07) is 8.97. The van der Waals surface area contributed by atoms with Crippen LogP contribution in [0.3, 0.4) is 0 Å². The summed E-state index contributed by atoms with van der Waals surface area (Å²) in [7, 11) is 4.15. The van der Waals surface area contributed by atoms with Crippen LogP contribution in [0, 0.1) is 0 Å². The van der Waals surface area contributed by atoms with E-state index in [-0.39, 0.29) is 0 Å². The number of likely N-dealkylation sites (N-methyl/N-ethyl adjacent to an activating group) is 1. The summed E-state index contributed by atoms with van der Waals surface area (Å²) in [4.78, 5) is 2.31. The first-order valence-corrected chi connectivity index (χ1v) is 6.12. The van der Waals surface area contributed by atoms with Crippen LogP contribution in [0.25, 0.3) is 10.9 Å². The fourth-order valence-corrected chi connectivity index (χ4v) is 2.60. The number of nitrogens with one attached hydrogen (secondary N) is 1. The van der Waals surface area contributed by atoms with Crippen LogP contribution < -0.4 is 10.2 Å². The molecule has 4 nitrogen and oxygen atoms in total. The summed E-state index contributed by atoms with van der Waals surface area (Å²) < 4.78 is 1.96. The number of nitrogens with zero attached hydrogens (tertiary/aromatic N) is 3. The van der Waals surface area contributed by atoms with Crippen LogP contribution in [0.1, 0.15) is 6.42 Å². The molecule has 0 saturated carbocycles. The molecule has 0 amide bonds. The molecule has 3 rings (SSSR count). The minimum Gasteiger partial charge on any atom is -0.353 e. The van der Waals surface area contributed by atoms with Gasteiger partial charge in [0, 0.05) is 32.1 Å². The van der Waals surface area contributed by atoms with Gasteiger partial charge in [-0.15, -0.1) is 0 Å². The Kier molecular flexibility index (Phi) is 2.52. The quantitative estimate of drug-likeness (QED) is 0.846. The SMILES string of the molecule is CN(c1nn(C)c2ccccc12)C1CCNC1. The highest BCUT2D eigenvalue weighted by Gasteiger charge is 2.22. The lowest BCUT2D eigenvalue weighted by Crippen LogP contribution is -2.33. The predicted molar refractivity (Wildman–Crippen MR) is 70.4 cm³/mol. The Labute approximate surface area is 101 Å². The number of aryl methyl sites for hydroxylation is 1. The molecule has 17 heavy (non-hydrogen) atoms. The zero-order valence-corrected chi connectivity index (χ0v) is 10.3. The van der Waals surface area contributed by atoms with Crippen LogP contribution in [0.4, 0.5) is 5.82 Å². The molecular weight excluding hydrogens is 212 g/mol. The summed E-state index contributed by atoms with van der Waals surface area (Å²) >= 11 is 0. The first-order chi connectivity index (χ1) is 8.27. The third kappa shape index (κ3) is 1.69. The Morgan fingerprint density at radius 2 is 2.24 bits per heavy atom. The molecule has 1 unspecified atom stereocenters. The van der Waals surface area contributed by atoms with Gasteiger partial charge in [0.15, 0.2) is 5.82 Å². The maximum absolute atomic E-state index is 4.65. The second kappa shape index (κ2) is 4.04. The van der Waals surface area contributed by atoms with Crippen molar-refractivity contribution in [1.29, 1.82) is 0 Å². The lowest BCUT2D eigenvalue weighted by Gasteiger charge is -2.23. The van der Waals surface area contributed by atoms with Crippen LogP contribution in [-0.2, 0) is 7.05 Å². The first-order valence-electron chi connectivity index (χ1n) is 6.12. The third-order valence-electron chi connectivity index (χ3n) is 3.65. The smallest absolute Gasteiger partial charge is 0.158 e. The molecule has 0 spiro atoms. The van der Waals surface area contributed by atoms with E-state index >= 15 is 0 Å². The molecule has 1 aliphatic heterocycles. The monoisotopic (exact) mass is 230 g/mol. The van der Waals surface area contributed by atoms with Gasteiger partial charge in [0.05, 0.1) is 5.52 Å². The van der Waals surface area contributed by atoms with Crippen molar-refractivity contribution in [2.75, 3.05) is 25.0 Å². The van der Waals surface area contributed by atoms with E-state index in [1.807, 2.05) is 11.7 Å². The van der Waals surface area contributed by atoms with Crippen LogP contribution in [-0.4, -0.2) is 36.0 Å². The number of anilines is 1. The minimum absolute atomic E-state index is 0.563. The van der Waals surface area contributed by atoms with Crippen molar-refractivity contribution in [3.8, 4) is 0 Å². The number of hydrogen-bond donors (Lipinski definition) is 1. The third-order valence-corrected chi connectivity index (χ3v) is 3.65. The summed E-state index contributed by atoms with van der Waals surface area (Å²) in [5.74, 6) is 1.09. The maximum Gasteiger partial charge on any atom is 0.158 e. The Balaban J connectivity index is 2.04. The molecule has 1 fully saturated rings. The average Bonchev–Trinajstić information content (AvgIpc) is 2.97. The minimum atomic E-state index is 0.563. The molecule has 1 atom stereocenters. The van der Waals surface area contributed by atoms with Crippen LogP contribution in [0.5, 0.6) is 0 Å². The molecule has 0 radical (unpaired) electrons. The molecule has 2 aromatic rings. The largest absolute Gasteiger partial charge is 0.353 e. The molecule has 1 aliphatic rings. The van der Waals surface area contributed by atoms with Gasteiger partial charge in [-0.05, 0) is 25.1 Å². The number of fused-ring (bicyclic) bond motifs is 1. The number of rotatable bonds is 2. The highest BCUT2D eigenvalue weighted by molar-refractivity contribution is 5.90. The van der Waals surface area contributed by atoms with E-state index in [0.717, 1.165) is 18.9 Å². The molecule has 0 aliphatic carbocycles. The van der Waals surface area contributed by atoms with Crippen molar-refractivity contribution in [1.82, 2.24) is 15.1 Å². The van der Waals surface area contributed by atoms with Crippen molar-refractivity contribution in [2.24, 2.45) is 7.05 Å². The molecule has 1 saturated heterocycles. The van der Waals surface area contributed by atoms with Gasteiger partial charge < -0.3 is 10.2 Å². The molecule has 0 bridgehead atoms. The van der Waals surface area contributed by atoms with Crippen LogP contribution in [0.2, 0.25) is 0 Å². The van der Waals surface area contributed by atoms with Gasteiger partial charge in [-0.25, -0.2) is 0 Å². The van der Waals surface area contributed by atoms with Gasteiger partial charge in [0.25, 0.3) is 0 Å². The van der Waals surface area contributed by atoms with E-state index in [0.29, 0.717) is 6.04 Å². The highest BCUT2D eigenvalue weighted by Crippen LogP contribution is 2.26. The topological polar surface area (TPSA) is 33.1 Å². The lowest BCUT2D eigenvalue weighted by atomic mass is 10.2. The summed E-state index contributed by atoms with van der Waals surface area (Å²) in [6.07, 6.45) is 1.20. The standard InChI is InChI=1S/C13H18N4/c1-16(10-7-8-14-9-10)13-11-5-3-4-6-12(11)17(2)15-13/h3-6,10,14H,7-9H2,1-2H3. The van der Waals surface area contributed by atoms with E-state index < -0.39 is 0 Å². The van der Waals surface area contributed by atoms with Gasteiger partial charge in [-0.2, -0.15) is 5.10 Å². The van der Waals surface area contributed by atoms with Gasteiger partial charge >= 0.3 is 0 Å². The van der Waals surface area contributed by atoms with Crippen LogP contribution in [0.15, 0.2) is 24.3 Å². The zero-order valence-electron chi connectivity index (χ0n) is 10.3. The summed E-state index contributed by atoms with van der Waals surface area (Å²) in [6.45, 7) is 2.17. The number of benzene rings is 1. The Morgan fingerprint density at radius 3 is 3.00 bits per heavy atom. The Bertz CT molecular complexity index is 525. The molecule has 1 aromatic heterocycles. The fraction of sp³-hybridized carbons (Fsp3) is 0.462. The average molecular weight is 230 g/mol. The van der Waals surface area contributed by atoms with Crippen molar-refractivity contribution in [3.05, 3.63) is 24.3 Å². The number of para-hydroxylation sites is 1. The van der Waals surface area contributed by atoms with E-state index in [1.165, 1.54) is 17.3 Å². The van der Waals surface area contributed by atoms with Crippen molar-refractivity contribution in [2.45, 2.75) is 12.5 Å². The zero-order chi connectivity index (χ0) is 11.8. The van der Waals surface area contributed by atoms with Crippen molar-refractivity contribution in [3.63, 3.8) is 0 Å². The van der Waals surface area contributed by atoms with Gasteiger partial charge in [0.1, 0.15) is 0 Å².